The average Bonchev–Trinajstić information content (AvgIpc) is 2.23. The minimum Gasteiger partial charge on any atom is -0.299 e. The van der Waals surface area contributed by atoms with Gasteiger partial charge in [0.25, 0.3) is 0 Å². The lowest BCUT2D eigenvalue weighted by molar-refractivity contribution is -0.125. The Hall–Kier alpha value is 0.0200. The minimum atomic E-state index is 0.405. The Morgan fingerprint density at radius 1 is 1.40 bits per heavy atom. The highest BCUT2D eigenvalue weighted by molar-refractivity contribution is 7.98. The molecule has 0 heterocycles. The van der Waals surface area contributed by atoms with Gasteiger partial charge in [-0.2, -0.15) is 11.8 Å². The summed E-state index contributed by atoms with van der Waals surface area (Å²) in [6.45, 7) is 2.25. The van der Waals surface area contributed by atoms with Gasteiger partial charge in [0.15, 0.2) is 0 Å². The zero-order valence-corrected chi connectivity index (χ0v) is 10.9. The summed E-state index contributed by atoms with van der Waals surface area (Å²) in [6, 6.07) is 0. The van der Waals surface area contributed by atoms with Crippen molar-refractivity contribution in [1.29, 1.82) is 0 Å². The van der Waals surface area contributed by atoms with Gasteiger partial charge in [-0.1, -0.05) is 19.8 Å². The Labute approximate surface area is 98.4 Å². The first-order chi connectivity index (χ1) is 7.27. The quantitative estimate of drug-likeness (QED) is 0.641. The molecular weight excluding hydrogens is 204 g/mol. The summed E-state index contributed by atoms with van der Waals surface area (Å²) in [5, 5.41) is 0. The lowest BCUT2D eigenvalue weighted by Gasteiger charge is -2.27. The second-order valence-corrected chi connectivity index (χ2v) is 5.71. The molecule has 1 fully saturated rings. The first-order valence-electron chi connectivity index (χ1n) is 6.29. The van der Waals surface area contributed by atoms with Crippen LogP contribution in [-0.4, -0.2) is 17.8 Å². The average molecular weight is 228 g/mol. The van der Waals surface area contributed by atoms with Crippen molar-refractivity contribution in [3.63, 3.8) is 0 Å². The Balaban J connectivity index is 2.29. The fourth-order valence-corrected chi connectivity index (χ4v) is 3.08. The number of thioether (sulfide) groups is 1. The Morgan fingerprint density at radius 3 is 2.87 bits per heavy atom. The fraction of sp³-hybridized carbons (Fsp3) is 0.923. The van der Waals surface area contributed by atoms with E-state index < -0.39 is 0 Å². The van der Waals surface area contributed by atoms with Crippen molar-refractivity contribution in [3.05, 3.63) is 0 Å². The van der Waals surface area contributed by atoms with Crippen LogP contribution in [0.15, 0.2) is 0 Å². The van der Waals surface area contributed by atoms with E-state index in [4.69, 9.17) is 0 Å². The zero-order chi connectivity index (χ0) is 11.1. The third-order valence-electron chi connectivity index (χ3n) is 3.47. The van der Waals surface area contributed by atoms with E-state index in [0.717, 1.165) is 25.2 Å². The third kappa shape index (κ3) is 4.58. The molecule has 2 unspecified atom stereocenters. The van der Waals surface area contributed by atoms with Crippen molar-refractivity contribution in [1.82, 2.24) is 0 Å². The van der Waals surface area contributed by atoms with Crippen LogP contribution < -0.4 is 0 Å². The number of ketones is 1. The molecule has 2 atom stereocenters. The molecule has 1 aliphatic carbocycles. The standard InChI is InChI=1S/C13H24OS/c1-3-5-11-7-8-13(14)12(10-11)6-4-9-15-2/h11-12H,3-10H2,1-2H3. The molecular formula is C13H24OS. The molecule has 15 heavy (non-hydrogen) atoms. The molecule has 0 N–H and O–H groups in total. The maximum Gasteiger partial charge on any atom is 0.135 e. The molecule has 0 aromatic rings. The summed E-state index contributed by atoms with van der Waals surface area (Å²) < 4.78 is 0. The van der Waals surface area contributed by atoms with Crippen molar-refractivity contribution in [2.75, 3.05) is 12.0 Å². The SMILES string of the molecule is CCCC1CCC(=O)C(CCCSC)C1. The maximum atomic E-state index is 11.7. The smallest absolute Gasteiger partial charge is 0.135 e. The number of rotatable bonds is 6. The monoisotopic (exact) mass is 228 g/mol. The topological polar surface area (TPSA) is 17.1 Å². The molecule has 0 aromatic heterocycles. The van der Waals surface area contributed by atoms with Crippen LogP contribution in [-0.2, 0) is 4.79 Å². The molecule has 1 rings (SSSR count). The van der Waals surface area contributed by atoms with E-state index in [0.29, 0.717) is 11.7 Å². The van der Waals surface area contributed by atoms with Gasteiger partial charge in [-0.05, 0) is 43.6 Å². The highest BCUT2D eigenvalue weighted by Gasteiger charge is 2.27. The molecule has 1 nitrogen and oxygen atoms in total. The van der Waals surface area contributed by atoms with E-state index in [1.807, 2.05) is 11.8 Å². The molecule has 1 aliphatic rings. The van der Waals surface area contributed by atoms with Gasteiger partial charge in [-0.25, -0.2) is 0 Å². The summed E-state index contributed by atoms with van der Waals surface area (Å²) in [7, 11) is 0. The van der Waals surface area contributed by atoms with Crippen molar-refractivity contribution >= 4 is 17.5 Å². The largest absolute Gasteiger partial charge is 0.299 e. The van der Waals surface area contributed by atoms with Gasteiger partial charge in [0.05, 0.1) is 0 Å². The number of Topliss-reactive ketones (excluding diaryl/α,β-unsaturated/α-hetero) is 1. The normalized spacial score (nSPS) is 26.9. The molecule has 88 valence electrons. The van der Waals surface area contributed by atoms with Crippen molar-refractivity contribution < 1.29 is 4.79 Å². The second-order valence-electron chi connectivity index (χ2n) is 4.73. The second kappa shape index (κ2) is 7.32. The van der Waals surface area contributed by atoms with Crippen LogP contribution in [0.3, 0.4) is 0 Å². The van der Waals surface area contributed by atoms with E-state index in [1.54, 1.807) is 0 Å². The molecule has 2 heteroatoms. The van der Waals surface area contributed by atoms with Crippen LogP contribution in [0.2, 0.25) is 0 Å². The first kappa shape index (κ1) is 13.1. The number of hydrogen-bond acceptors (Lipinski definition) is 2. The zero-order valence-electron chi connectivity index (χ0n) is 10.1. The van der Waals surface area contributed by atoms with Gasteiger partial charge in [-0.15, -0.1) is 0 Å². The number of carbonyl (C=O) groups is 1. The van der Waals surface area contributed by atoms with E-state index in [1.165, 1.54) is 31.4 Å². The summed E-state index contributed by atoms with van der Waals surface area (Å²) in [5.74, 6) is 3.00. The van der Waals surface area contributed by atoms with E-state index in [2.05, 4.69) is 13.2 Å². The predicted molar refractivity (Wildman–Crippen MR) is 68.4 cm³/mol. The fourth-order valence-electron chi connectivity index (χ4n) is 2.63. The molecule has 0 amide bonds. The van der Waals surface area contributed by atoms with Crippen LogP contribution in [0, 0.1) is 11.8 Å². The predicted octanol–water partition coefficient (Wildman–Crippen LogP) is 3.92. The van der Waals surface area contributed by atoms with E-state index in [-0.39, 0.29) is 0 Å². The molecule has 0 radical (unpaired) electrons. The van der Waals surface area contributed by atoms with Crippen LogP contribution >= 0.6 is 11.8 Å². The molecule has 0 aromatic carbocycles. The first-order valence-corrected chi connectivity index (χ1v) is 7.69. The van der Waals surface area contributed by atoms with Gasteiger partial charge < -0.3 is 0 Å². The van der Waals surface area contributed by atoms with Crippen LogP contribution in [0.5, 0.6) is 0 Å². The molecule has 0 spiro atoms. The van der Waals surface area contributed by atoms with Gasteiger partial charge in [-0.3, -0.25) is 4.79 Å². The maximum absolute atomic E-state index is 11.7. The molecule has 0 bridgehead atoms. The van der Waals surface area contributed by atoms with Crippen LogP contribution in [0.4, 0.5) is 0 Å². The highest BCUT2D eigenvalue weighted by Crippen LogP contribution is 2.32. The minimum absolute atomic E-state index is 0.405. The number of hydrogen-bond donors (Lipinski definition) is 0. The Kier molecular flexibility index (Phi) is 6.39. The lowest BCUT2D eigenvalue weighted by Crippen LogP contribution is -2.25. The van der Waals surface area contributed by atoms with E-state index in [9.17, 15) is 4.79 Å². The molecule has 1 saturated carbocycles. The number of carbonyl (C=O) groups excluding carboxylic acids is 1. The lowest BCUT2D eigenvalue weighted by atomic mass is 9.77. The Morgan fingerprint density at radius 2 is 2.20 bits per heavy atom. The van der Waals surface area contributed by atoms with Gasteiger partial charge >= 0.3 is 0 Å². The van der Waals surface area contributed by atoms with Crippen molar-refractivity contribution in [2.24, 2.45) is 11.8 Å². The Bertz CT molecular complexity index is 191. The summed E-state index contributed by atoms with van der Waals surface area (Å²) in [4.78, 5) is 11.7. The van der Waals surface area contributed by atoms with E-state index >= 15 is 0 Å². The van der Waals surface area contributed by atoms with Crippen molar-refractivity contribution in [2.45, 2.75) is 51.9 Å². The third-order valence-corrected chi connectivity index (χ3v) is 4.17. The van der Waals surface area contributed by atoms with Gasteiger partial charge in [0.2, 0.25) is 0 Å². The summed E-state index contributed by atoms with van der Waals surface area (Å²) in [6.07, 6.45) is 10.3. The summed E-state index contributed by atoms with van der Waals surface area (Å²) >= 11 is 1.89. The summed E-state index contributed by atoms with van der Waals surface area (Å²) in [5.41, 5.74) is 0. The van der Waals surface area contributed by atoms with Gasteiger partial charge in [0.1, 0.15) is 5.78 Å². The highest BCUT2D eigenvalue weighted by atomic mass is 32.2. The van der Waals surface area contributed by atoms with Crippen molar-refractivity contribution in [3.8, 4) is 0 Å². The molecule has 0 saturated heterocycles. The van der Waals surface area contributed by atoms with Crippen LogP contribution in [0.1, 0.15) is 51.9 Å². The van der Waals surface area contributed by atoms with Crippen LogP contribution in [0.25, 0.3) is 0 Å². The molecule has 0 aliphatic heterocycles. The van der Waals surface area contributed by atoms with Gasteiger partial charge in [0, 0.05) is 12.3 Å².